The Morgan fingerprint density at radius 1 is 1.04 bits per heavy atom. The molecule has 0 N–H and O–H groups in total. The number of carbonyl (C=O) groups excluding carboxylic acids is 1. The monoisotopic (exact) mass is 384 g/mol. The molecule has 0 aromatic heterocycles. The number of ether oxygens (including phenoxy) is 1. The predicted molar refractivity (Wildman–Crippen MR) is 107 cm³/mol. The van der Waals surface area contributed by atoms with E-state index in [2.05, 4.69) is 23.1 Å². The van der Waals surface area contributed by atoms with Crippen molar-refractivity contribution in [3.63, 3.8) is 0 Å². The van der Waals surface area contributed by atoms with Crippen LogP contribution in [-0.4, -0.2) is 48.5 Å². The molecule has 4 rings (SSSR count). The van der Waals surface area contributed by atoms with Crippen molar-refractivity contribution >= 4 is 17.5 Å². The van der Waals surface area contributed by atoms with E-state index in [1.54, 1.807) is 0 Å². The highest BCUT2D eigenvalue weighted by Gasteiger charge is 2.30. The zero-order valence-electron chi connectivity index (χ0n) is 15.4. The molecule has 1 saturated heterocycles. The van der Waals surface area contributed by atoms with Crippen molar-refractivity contribution in [2.45, 2.75) is 19.4 Å². The largest absolute Gasteiger partial charge is 0.492 e. The Morgan fingerprint density at radius 2 is 1.85 bits per heavy atom. The molecule has 2 aromatic carbocycles. The van der Waals surface area contributed by atoms with Gasteiger partial charge < -0.3 is 9.64 Å². The summed E-state index contributed by atoms with van der Waals surface area (Å²) >= 11 is 5.97. The standard InChI is InChI=1S/C22H25ClN2O2/c23-20-8-6-17(7-9-20)15-24-10-3-11-25(13-12-24)22(26)19-14-18-4-1-2-5-21(18)27-16-19/h1-2,4-9,19H,3,10-16H2/t19-/m1/s1. The summed E-state index contributed by atoms with van der Waals surface area (Å²) in [4.78, 5) is 17.5. The Bertz CT molecular complexity index is 793. The molecular formula is C22H25ClN2O2. The van der Waals surface area contributed by atoms with Gasteiger partial charge in [-0.05, 0) is 42.2 Å². The van der Waals surface area contributed by atoms with E-state index in [4.69, 9.17) is 16.3 Å². The molecule has 5 heteroatoms. The molecule has 1 fully saturated rings. The van der Waals surface area contributed by atoms with Crippen LogP contribution in [0.5, 0.6) is 5.75 Å². The topological polar surface area (TPSA) is 32.8 Å². The predicted octanol–water partition coefficient (Wildman–Crippen LogP) is 3.63. The fourth-order valence-corrected chi connectivity index (χ4v) is 4.07. The van der Waals surface area contributed by atoms with E-state index in [0.29, 0.717) is 6.61 Å². The molecule has 1 amide bonds. The lowest BCUT2D eigenvalue weighted by atomic mass is 9.95. The molecule has 2 aliphatic rings. The summed E-state index contributed by atoms with van der Waals surface area (Å²) in [5, 5.41) is 0.766. The Labute approximate surface area is 165 Å². The summed E-state index contributed by atoms with van der Waals surface area (Å²) in [7, 11) is 0. The lowest BCUT2D eigenvalue weighted by molar-refractivity contribution is -0.136. The number of hydrogen-bond acceptors (Lipinski definition) is 3. The summed E-state index contributed by atoms with van der Waals surface area (Å²) in [6, 6.07) is 16.1. The van der Waals surface area contributed by atoms with E-state index in [9.17, 15) is 4.79 Å². The molecule has 2 heterocycles. The molecule has 0 saturated carbocycles. The summed E-state index contributed by atoms with van der Waals surface area (Å²) in [5.74, 6) is 1.09. The average molecular weight is 385 g/mol. The maximum absolute atomic E-state index is 13.0. The smallest absolute Gasteiger partial charge is 0.229 e. The number of halogens is 1. The molecule has 1 atom stereocenters. The lowest BCUT2D eigenvalue weighted by Crippen LogP contribution is -2.42. The summed E-state index contributed by atoms with van der Waals surface area (Å²) in [6.45, 7) is 4.91. The summed E-state index contributed by atoms with van der Waals surface area (Å²) in [6.07, 6.45) is 1.78. The molecule has 2 aromatic rings. The third-order valence-electron chi connectivity index (χ3n) is 5.45. The number of amides is 1. The molecule has 0 radical (unpaired) electrons. The molecule has 0 spiro atoms. The third kappa shape index (κ3) is 4.45. The van der Waals surface area contributed by atoms with Crippen molar-refractivity contribution in [1.29, 1.82) is 0 Å². The zero-order chi connectivity index (χ0) is 18.6. The minimum Gasteiger partial charge on any atom is -0.492 e. The SMILES string of the molecule is O=C([C@H]1COc2ccccc2C1)N1CCCN(Cc2ccc(Cl)cc2)CC1. The quantitative estimate of drug-likeness (QED) is 0.810. The maximum Gasteiger partial charge on any atom is 0.229 e. The van der Waals surface area contributed by atoms with Gasteiger partial charge in [-0.3, -0.25) is 9.69 Å². The molecule has 0 aliphatic carbocycles. The molecule has 0 unspecified atom stereocenters. The van der Waals surface area contributed by atoms with Crippen LogP contribution < -0.4 is 4.74 Å². The van der Waals surface area contributed by atoms with Crippen LogP contribution in [0.1, 0.15) is 17.5 Å². The van der Waals surface area contributed by atoms with Crippen molar-refractivity contribution in [3.05, 3.63) is 64.7 Å². The Morgan fingerprint density at radius 3 is 2.70 bits per heavy atom. The van der Waals surface area contributed by atoms with E-state index in [1.807, 2.05) is 35.2 Å². The minimum atomic E-state index is -0.0669. The lowest BCUT2D eigenvalue weighted by Gasteiger charge is -2.29. The molecule has 142 valence electrons. The van der Waals surface area contributed by atoms with Gasteiger partial charge in [0.25, 0.3) is 0 Å². The fourth-order valence-electron chi connectivity index (χ4n) is 3.94. The summed E-state index contributed by atoms with van der Waals surface area (Å²) < 4.78 is 5.82. The number of hydrogen-bond donors (Lipinski definition) is 0. The molecular weight excluding hydrogens is 360 g/mol. The van der Waals surface area contributed by atoms with Crippen LogP contribution >= 0.6 is 11.6 Å². The number of carbonyl (C=O) groups is 1. The van der Waals surface area contributed by atoms with E-state index in [0.717, 1.165) is 61.9 Å². The summed E-state index contributed by atoms with van der Waals surface area (Å²) in [5.41, 5.74) is 2.40. The van der Waals surface area contributed by atoms with Crippen molar-refractivity contribution in [2.24, 2.45) is 5.92 Å². The first kappa shape index (κ1) is 18.3. The normalized spacial score (nSPS) is 20.5. The van der Waals surface area contributed by atoms with E-state index in [-0.39, 0.29) is 11.8 Å². The number of fused-ring (bicyclic) bond motifs is 1. The van der Waals surface area contributed by atoms with Gasteiger partial charge in [-0.1, -0.05) is 41.9 Å². The van der Waals surface area contributed by atoms with Crippen molar-refractivity contribution < 1.29 is 9.53 Å². The zero-order valence-corrected chi connectivity index (χ0v) is 16.2. The van der Waals surface area contributed by atoms with Crippen LogP contribution in [-0.2, 0) is 17.8 Å². The number of rotatable bonds is 3. The minimum absolute atomic E-state index is 0.0669. The van der Waals surface area contributed by atoms with Gasteiger partial charge in [0.05, 0.1) is 5.92 Å². The average Bonchev–Trinajstić information content (AvgIpc) is 2.94. The van der Waals surface area contributed by atoms with E-state index in [1.165, 1.54) is 5.56 Å². The van der Waals surface area contributed by atoms with Gasteiger partial charge in [-0.2, -0.15) is 0 Å². The molecule has 4 nitrogen and oxygen atoms in total. The second-order valence-corrected chi connectivity index (χ2v) is 7.84. The Hall–Kier alpha value is -2.04. The third-order valence-corrected chi connectivity index (χ3v) is 5.70. The van der Waals surface area contributed by atoms with Gasteiger partial charge >= 0.3 is 0 Å². The molecule has 0 bridgehead atoms. The van der Waals surface area contributed by atoms with Crippen LogP contribution in [0.4, 0.5) is 0 Å². The van der Waals surface area contributed by atoms with Gasteiger partial charge in [0.2, 0.25) is 5.91 Å². The highest BCUT2D eigenvalue weighted by Crippen LogP contribution is 2.28. The van der Waals surface area contributed by atoms with Crippen LogP contribution in [0.25, 0.3) is 0 Å². The van der Waals surface area contributed by atoms with Gasteiger partial charge in [0, 0.05) is 37.7 Å². The Kier molecular flexibility index (Phi) is 5.65. The maximum atomic E-state index is 13.0. The molecule has 2 aliphatic heterocycles. The second kappa shape index (κ2) is 8.32. The van der Waals surface area contributed by atoms with Crippen molar-refractivity contribution in [2.75, 3.05) is 32.8 Å². The van der Waals surface area contributed by atoms with Crippen molar-refractivity contribution in [1.82, 2.24) is 9.80 Å². The first-order chi connectivity index (χ1) is 13.2. The Balaban J connectivity index is 1.34. The highest BCUT2D eigenvalue weighted by atomic mass is 35.5. The van der Waals surface area contributed by atoms with Gasteiger partial charge in [0.1, 0.15) is 12.4 Å². The van der Waals surface area contributed by atoms with Crippen LogP contribution in [0.3, 0.4) is 0 Å². The number of nitrogens with zero attached hydrogens (tertiary/aromatic N) is 2. The van der Waals surface area contributed by atoms with E-state index < -0.39 is 0 Å². The van der Waals surface area contributed by atoms with Crippen LogP contribution in [0.15, 0.2) is 48.5 Å². The van der Waals surface area contributed by atoms with Gasteiger partial charge in [-0.15, -0.1) is 0 Å². The molecule has 27 heavy (non-hydrogen) atoms. The highest BCUT2D eigenvalue weighted by molar-refractivity contribution is 6.30. The fraction of sp³-hybridized carbons (Fsp3) is 0.409. The first-order valence-corrected chi connectivity index (χ1v) is 10.0. The van der Waals surface area contributed by atoms with E-state index >= 15 is 0 Å². The number of para-hydroxylation sites is 1. The van der Waals surface area contributed by atoms with Gasteiger partial charge in [-0.25, -0.2) is 0 Å². The first-order valence-electron chi connectivity index (χ1n) is 9.65. The van der Waals surface area contributed by atoms with Gasteiger partial charge in [0.15, 0.2) is 0 Å². The number of benzene rings is 2. The van der Waals surface area contributed by atoms with Crippen molar-refractivity contribution in [3.8, 4) is 5.75 Å². The second-order valence-electron chi connectivity index (χ2n) is 7.40. The van der Waals surface area contributed by atoms with Crippen LogP contribution in [0.2, 0.25) is 5.02 Å². The van der Waals surface area contributed by atoms with Crippen LogP contribution in [0, 0.1) is 5.92 Å².